The number of phenolic OH excluding ortho intramolecular Hbond substituents is 1. The lowest BCUT2D eigenvalue weighted by atomic mass is 9.60. The summed E-state index contributed by atoms with van der Waals surface area (Å²) >= 11 is 0. The highest BCUT2D eigenvalue weighted by Crippen LogP contribution is 2.51. The average Bonchev–Trinajstić information content (AvgIpc) is 3.21. The van der Waals surface area contributed by atoms with Crippen LogP contribution in [-0.2, 0) is 9.47 Å². The number of amides is 1. The average molecular weight is 620 g/mol. The molecule has 1 aliphatic carbocycles. The molecular formula is C34H49N7O4. The van der Waals surface area contributed by atoms with E-state index in [1.54, 1.807) is 12.1 Å². The summed E-state index contributed by atoms with van der Waals surface area (Å²) in [5.74, 6) is 0.622. The number of para-hydroxylation sites is 1. The van der Waals surface area contributed by atoms with Crippen molar-refractivity contribution < 1.29 is 19.4 Å². The highest BCUT2D eigenvalue weighted by atomic mass is 16.6. The largest absolute Gasteiger partial charge is 0.507 e. The molecule has 2 bridgehead atoms. The number of piperazine rings is 1. The number of anilines is 2. The van der Waals surface area contributed by atoms with Crippen LogP contribution in [0.3, 0.4) is 0 Å². The number of benzene rings is 1. The van der Waals surface area contributed by atoms with Crippen LogP contribution in [0.1, 0.15) is 59.3 Å². The number of ether oxygens (including phenoxy) is 2. The Morgan fingerprint density at radius 1 is 1.04 bits per heavy atom. The Hall–Kier alpha value is -3.15. The third kappa shape index (κ3) is 6.31. The van der Waals surface area contributed by atoms with E-state index in [0.717, 1.165) is 70.9 Å². The predicted molar refractivity (Wildman–Crippen MR) is 173 cm³/mol. The minimum absolute atomic E-state index is 0.169. The summed E-state index contributed by atoms with van der Waals surface area (Å²) in [6.07, 6.45) is 7.02. The number of carbonyl (C=O) groups is 1. The quantitative estimate of drug-likeness (QED) is 0.509. The van der Waals surface area contributed by atoms with Crippen LogP contribution in [-0.4, -0.2) is 118 Å². The number of nitrogens with zero attached hydrogens (tertiary/aromatic N) is 6. The van der Waals surface area contributed by atoms with Crippen LogP contribution in [0.5, 0.6) is 5.75 Å². The number of aromatic hydroxyl groups is 1. The molecule has 3 N–H and O–H groups in total. The first-order valence-corrected chi connectivity index (χ1v) is 16.8. The maximum Gasteiger partial charge on any atom is 0.410 e. The number of nitrogens with two attached hydrogens (primary N) is 1. The van der Waals surface area contributed by atoms with Crippen LogP contribution in [0.25, 0.3) is 11.3 Å². The van der Waals surface area contributed by atoms with Gasteiger partial charge >= 0.3 is 6.09 Å². The Bertz CT molecular complexity index is 1370. The first-order valence-electron chi connectivity index (χ1n) is 16.8. The zero-order chi connectivity index (χ0) is 31.3. The van der Waals surface area contributed by atoms with E-state index in [1.165, 1.54) is 25.7 Å². The van der Waals surface area contributed by atoms with E-state index in [2.05, 4.69) is 24.9 Å². The number of hydrogen-bond acceptors (Lipinski definition) is 10. The molecule has 45 heavy (non-hydrogen) atoms. The summed E-state index contributed by atoms with van der Waals surface area (Å²) in [6, 6.07) is 10.7. The summed E-state index contributed by atoms with van der Waals surface area (Å²) in [5, 5.41) is 18.9. The van der Waals surface area contributed by atoms with E-state index in [4.69, 9.17) is 15.2 Å². The SMILES string of the molecule is CC(C)(C)OC(=O)N1CCC2(CC1)CC(N1CCO[C@H](CN3C4CCC3CN(c3cc(-c5ccccc5O)nnc3N)C4)C1)C2. The molecule has 1 amide bonds. The summed E-state index contributed by atoms with van der Waals surface area (Å²) in [4.78, 5) is 22.2. The summed E-state index contributed by atoms with van der Waals surface area (Å²) in [7, 11) is 0. The molecule has 5 fully saturated rings. The van der Waals surface area contributed by atoms with Crippen LogP contribution in [0.4, 0.5) is 16.3 Å². The molecule has 1 saturated carbocycles. The molecule has 5 aliphatic rings. The normalized spacial score (nSPS) is 27.5. The number of phenols is 1. The molecule has 1 spiro atoms. The van der Waals surface area contributed by atoms with Gasteiger partial charge in [-0.3, -0.25) is 9.80 Å². The Morgan fingerprint density at radius 3 is 2.44 bits per heavy atom. The minimum atomic E-state index is -0.447. The van der Waals surface area contributed by atoms with Crippen LogP contribution >= 0.6 is 0 Å². The standard InChI is InChI=1S/C34H49N7O4/c1-33(2,3)45-32(43)38-12-10-34(11-13-38)17-25(18-34)39-14-15-44-26(21-39)22-41-23-8-9-24(41)20-40(19-23)29-16-28(36-37-31(29)35)27-6-4-5-7-30(27)42/h4-7,16,23-26,42H,8-15,17-22H2,1-3H3,(H2,35,37)/t23?,24?,26-/m0/s1. The van der Waals surface area contributed by atoms with E-state index in [1.807, 2.05) is 43.9 Å². The molecule has 3 atom stereocenters. The molecule has 244 valence electrons. The number of fused-ring (bicyclic) bond motifs is 2. The number of carbonyl (C=O) groups excluding carboxylic acids is 1. The molecule has 11 heteroatoms. The van der Waals surface area contributed by atoms with Gasteiger partial charge in [-0.2, -0.15) is 0 Å². The Balaban J connectivity index is 0.920. The number of nitrogen functional groups attached to an aromatic ring is 1. The second kappa shape index (κ2) is 11.9. The Kier molecular flexibility index (Phi) is 8.06. The van der Waals surface area contributed by atoms with Crippen LogP contribution in [0.15, 0.2) is 30.3 Å². The van der Waals surface area contributed by atoms with Crippen molar-refractivity contribution in [2.24, 2.45) is 5.41 Å². The molecule has 1 aromatic carbocycles. The molecule has 2 unspecified atom stereocenters. The van der Waals surface area contributed by atoms with E-state index in [0.29, 0.717) is 40.6 Å². The first-order chi connectivity index (χ1) is 21.6. The second-order valence-electron chi connectivity index (χ2n) is 15.0. The summed E-state index contributed by atoms with van der Waals surface area (Å²) < 4.78 is 12.0. The molecule has 5 heterocycles. The van der Waals surface area contributed by atoms with Crippen molar-refractivity contribution in [2.45, 2.75) is 89.1 Å². The zero-order valence-electron chi connectivity index (χ0n) is 27.0. The number of aromatic nitrogens is 2. The highest BCUT2D eigenvalue weighted by Gasteiger charge is 2.49. The summed E-state index contributed by atoms with van der Waals surface area (Å²) in [6.45, 7) is 13.0. The number of rotatable bonds is 5. The van der Waals surface area contributed by atoms with Gasteiger partial charge in [0, 0.05) is 69.5 Å². The maximum atomic E-state index is 12.5. The van der Waals surface area contributed by atoms with Gasteiger partial charge in [0.1, 0.15) is 11.4 Å². The van der Waals surface area contributed by atoms with Gasteiger partial charge < -0.3 is 30.1 Å². The topological polar surface area (TPSA) is 121 Å². The van der Waals surface area contributed by atoms with Gasteiger partial charge in [0.25, 0.3) is 0 Å². The fourth-order valence-corrected chi connectivity index (χ4v) is 8.47. The molecule has 4 saturated heterocycles. The zero-order valence-corrected chi connectivity index (χ0v) is 27.0. The molecule has 1 aromatic heterocycles. The van der Waals surface area contributed by atoms with E-state index >= 15 is 0 Å². The van der Waals surface area contributed by atoms with Crippen LogP contribution in [0, 0.1) is 5.41 Å². The van der Waals surface area contributed by atoms with Gasteiger partial charge in [0.15, 0.2) is 5.82 Å². The molecule has 4 aliphatic heterocycles. The monoisotopic (exact) mass is 619 g/mol. The maximum absolute atomic E-state index is 12.5. The lowest BCUT2D eigenvalue weighted by molar-refractivity contribution is -0.106. The number of piperidine rings is 1. The van der Waals surface area contributed by atoms with Crippen molar-refractivity contribution in [2.75, 3.05) is 63.1 Å². The molecular weight excluding hydrogens is 570 g/mol. The van der Waals surface area contributed by atoms with Gasteiger partial charge in [-0.05, 0) is 82.9 Å². The number of morpholine rings is 1. The van der Waals surface area contributed by atoms with Crippen molar-refractivity contribution >= 4 is 17.6 Å². The van der Waals surface area contributed by atoms with E-state index in [9.17, 15) is 9.90 Å². The molecule has 0 radical (unpaired) electrons. The third-order valence-electron chi connectivity index (χ3n) is 10.9. The fourth-order valence-electron chi connectivity index (χ4n) is 8.47. The van der Waals surface area contributed by atoms with E-state index in [-0.39, 0.29) is 17.9 Å². The van der Waals surface area contributed by atoms with Gasteiger partial charge in [-0.15, -0.1) is 10.2 Å². The lowest BCUT2D eigenvalue weighted by Gasteiger charge is -2.56. The third-order valence-corrected chi connectivity index (χ3v) is 10.9. The van der Waals surface area contributed by atoms with Gasteiger partial charge in [-0.25, -0.2) is 4.79 Å². The van der Waals surface area contributed by atoms with Crippen molar-refractivity contribution in [3.8, 4) is 17.0 Å². The predicted octanol–water partition coefficient (Wildman–Crippen LogP) is 3.96. The van der Waals surface area contributed by atoms with Crippen molar-refractivity contribution in [3.63, 3.8) is 0 Å². The van der Waals surface area contributed by atoms with E-state index < -0.39 is 5.60 Å². The number of likely N-dealkylation sites (tertiary alicyclic amines) is 1. The number of hydrogen-bond donors (Lipinski definition) is 2. The van der Waals surface area contributed by atoms with Gasteiger partial charge in [0.2, 0.25) is 0 Å². The van der Waals surface area contributed by atoms with Crippen molar-refractivity contribution in [1.82, 2.24) is 24.9 Å². The summed E-state index contributed by atoms with van der Waals surface area (Å²) in [5.41, 5.74) is 8.48. The van der Waals surface area contributed by atoms with Crippen molar-refractivity contribution in [1.29, 1.82) is 0 Å². The fraction of sp³-hybridized carbons (Fsp3) is 0.676. The minimum Gasteiger partial charge on any atom is -0.507 e. The van der Waals surface area contributed by atoms with Gasteiger partial charge in [0.05, 0.1) is 24.1 Å². The Morgan fingerprint density at radius 2 is 1.76 bits per heavy atom. The van der Waals surface area contributed by atoms with Gasteiger partial charge in [-0.1, -0.05) is 12.1 Å². The van der Waals surface area contributed by atoms with Crippen LogP contribution in [0.2, 0.25) is 0 Å². The molecule has 2 aromatic rings. The molecule has 7 rings (SSSR count). The smallest absolute Gasteiger partial charge is 0.410 e. The lowest BCUT2D eigenvalue weighted by Crippen LogP contribution is -2.61. The van der Waals surface area contributed by atoms with Crippen LogP contribution < -0.4 is 10.6 Å². The highest BCUT2D eigenvalue weighted by molar-refractivity contribution is 5.74. The Labute approximate surface area is 266 Å². The first kappa shape index (κ1) is 30.5. The second-order valence-corrected chi connectivity index (χ2v) is 15.0. The van der Waals surface area contributed by atoms with Crippen molar-refractivity contribution in [3.05, 3.63) is 30.3 Å². The molecule has 11 nitrogen and oxygen atoms in total.